The lowest BCUT2D eigenvalue weighted by Crippen LogP contribution is -2.24. The molecular weight excluding hydrogens is 224 g/mol. The Morgan fingerprint density at radius 3 is 2.39 bits per heavy atom. The van der Waals surface area contributed by atoms with E-state index < -0.39 is 0 Å². The van der Waals surface area contributed by atoms with Crippen LogP contribution in [0.4, 0.5) is 0 Å². The largest absolute Gasteiger partial charge is 0.460 e. The Hall–Kier alpha value is -1.31. The fourth-order valence-corrected chi connectivity index (χ4v) is 1.83. The smallest absolute Gasteiger partial charge is 0.306 e. The number of esters is 1. The van der Waals surface area contributed by atoms with Gasteiger partial charge in [-0.05, 0) is 45.1 Å². The molecule has 100 valence electrons. The minimum absolute atomic E-state index is 0.0944. The summed E-state index contributed by atoms with van der Waals surface area (Å²) >= 11 is 0. The van der Waals surface area contributed by atoms with Gasteiger partial charge in [-0.2, -0.15) is 0 Å². The number of carbonyl (C=O) groups is 1. The van der Waals surface area contributed by atoms with E-state index in [4.69, 9.17) is 4.74 Å². The highest BCUT2D eigenvalue weighted by molar-refractivity contribution is 5.70. The van der Waals surface area contributed by atoms with E-state index in [1.165, 1.54) is 5.56 Å². The van der Waals surface area contributed by atoms with E-state index in [2.05, 4.69) is 19.1 Å². The van der Waals surface area contributed by atoms with Crippen LogP contribution in [0.15, 0.2) is 30.3 Å². The summed E-state index contributed by atoms with van der Waals surface area (Å²) in [6, 6.07) is 10.4. The molecule has 0 heterocycles. The summed E-state index contributed by atoms with van der Waals surface area (Å²) in [4.78, 5) is 11.7. The molecule has 0 amide bonds. The molecule has 18 heavy (non-hydrogen) atoms. The first kappa shape index (κ1) is 14.7. The van der Waals surface area contributed by atoms with Gasteiger partial charge in [-0.1, -0.05) is 37.3 Å². The van der Waals surface area contributed by atoms with Gasteiger partial charge >= 0.3 is 5.97 Å². The molecule has 0 fully saturated rings. The molecule has 0 bridgehead atoms. The van der Waals surface area contributed by atoms with Gasteiger partial charge < -0.3 is 4.74 Å². The first-order valence-electron chi connectivity index (χ1n) is 6.62. The normalized spacial score (nSPS) is 13.1. The Labute approximate surface area is 110 Å². The maximum atomic E-state index is 11.7. The number of hydrogen-bond donors (Lipinski definition) is 0. The quantitative estimate of drug-likeness (QED) is 0.736. The fourth-order valence-electron chi connectivity index (χ4n) is 1.83. The van der Waals surface area contributed by atoms with Crippen LogP contribution in [0.25, 0.3) is 0 Å². The van der Waals surface area contributed by atoms with Gasteiger partial charge in [0.2, 0.25) is 0 Å². The van der Waals surface area contributed by atoms with Gasteiger partial charge in [0.05, 0.1) is 0 Å². The highest BCUT2D eigenvalue weighted by Crippen LogP contribution is 2.16. The van der Waals surface area contributed by atoms with Crippen LogP contribution in [0.2, 0.25) is 0 Å². The molecule has 1 aromatic rings. The first-order chi connectivity index (χ1) is 8.37. The molecule has 0 saturated heterocycles. The van der Waals surface area contributed by atoms with Crippen molar-refractivity contribution in [3.8, 4) is 0 Å². The summed E-state index contributed by atoms with van der Waals surface area (Å²) in [7, 11) is 0. The maximum absolute atomic E-state index is 11.7. The monoisotopic (exact) mass is 248 g/mol. The van der Waals surface area contributed by atoms with Gasteiger partial charge in [-0.25, -0.2) is 0 Å². The van der Waals surface area contributed by atoms with E-state index in [0.29, 0.717) is 12.3 Å². The number of carbonyl (C=O) groups excluding carboxylic acids is 1. The van der Waals surface area contributed by atoms with E-state index in [1.807, 2.05) is 39.0 Å². The lowest BCUT2D eigenvalue weighted by atomic mass is 9.98. The molecule has 0 aliphatic carbocycles. The standard InChI is InChI=1S/C16H24O2/c1-13(12-15(17)18-16(2,3)4)10-11-14-8-6-5-7-9-14/h5-9,13H,10-12H2,1-4H3/t13-/m1/s1. The van der Waals surface area contributed by atoms with Crippen LogP contribution >= 0.6 is 0 Å². The minimum atomic E-state index is -0.379. The van der Waals surface area contributed by atoms with Crippen molar-refractivity contribution in [2.24, 2.45) is 5.92 Å². The lowest BCUT2D eigenvalue weighted by Gasteiger charge is -2.20. The predicted octanol–water partition coefficient (Wildman–Crippen LogP) is 3.99. The Morgan fingerprint density at radius 2 is 1.83 bits per heavy atom. The van der Waals surface area contributed by atoms with Crippen LogP contribution in [0.1, 0.15) is 46.1 Å². The van der Waals surface area contributed by atoms with Crippen molar-refractivity contribution in [3.63, 3.8) is 0 Å². The summed E-state index contributed by atoms with van der Waals surface area (Å²) in [6.07, 6.45) is 2.54. The Kier molecular flexibility index (Phi) is 5.39. The minimum Gasteiger partial charge on any atom is -0.460 e. The maximum Gasteiger partial charge on any atom is 0.306 e. The molecule has 0 aromatic heterocycles. The average molecular weight is 248 g/mol. The second kappa shape index (κ2) is 6.58. The SMILES string of the molecule is C[C@H](CCc1ccccc1)CC(=O)OC(C)(C)C. The van der Waals surface area contributed by atoms with E-state index in [-0.39, 0.29) is 11.6 Å². The molecular formula is C16H24O2. The Balaban J connectivity index is 2.29. The number of aryl methyl sites for hydroxylation is 1. The third kappa shape index (κ3) is 6.43. The van der Waals surface area contributed by atoms with Gasteiger partial charge in [-0.15, -0.1) is 0 Å². The highest BCUT2D eigenvalue weighted by Gasteiger charge is 2.18. The number of rotatable bonds is 5. The number of ether oxygens (including phenoxy) is 1. The summed E-state index contributed by atoms with van der Waals surface area (Å²) < 4.78 is 5.32. The van der Waals surface area contributed by atoms with Crippen molar-refractivity contribution >= 4 is 5.97 Å². The van der Waals surface area contributed by atoms with Crippen LogP contribution in [-0.4, -0.2) is 11.6 Å². The van der Waals surface area contributed by atoms with Crippen LogP contribution in [0.3, 0.4) is 0 Å². The number of hydrogen-bond acceptors (Lipinski definition) is 2. The van der Waals surface area contributed by atoms with Gasteiger partial charge in [0.1, 0.15) is 5.60 Å². The lowest BCUT2D eigenvalue weighted by molar-refractivity contribution is -0.155. The van der Waals surface area contributed by atoms with Crippen molar-refractivity contribution in [2.75, 3.05) is 0 Å². The van der Waals surface area contributed by atoms with Crippen LogP contribution in [0.5, 0.6) is 0 Å². The molecule has 1 atom stereocenters. The fraction of sp³-hybridized carbons (Fsp3) is 0.562. The molecule has 0 aliphatic heterocycles. The predicted molar refractivity (Wildman–Crippen MR) is 74.4 cm³/mol. The van der Waals surface area contributed by atoms with Gasteiger partial charge in [0.25, 0.3) is 0 Å². The molecule has 0 radical (unpaired) electrons. The molecule has 2 nitrogen and oxygen atoms in total. The van der Waals surface area contributed by atoms with Crippen molar-refractivity contribution in [2.45, 2.75) is 52.6 Å². The molecule has 1 aromatic carbocycles. The molecule has 0 spiro atoms. The summed E-state index contributed by atoms with van der Waals surface area (Å²) in [6.45, 7) is 7.81. The summed E-state index contributed by atoms with van der Waals surface area (Å²) in [5.74, 6) is 0.267. The molecule has 0 unspecified atom stereocenters. The van der Waals surface area contributed by atoms with Crippen molar-refractivity contribution < 1.29 is 9.53 Å². The molecule has 0 aliphatic rings. The van der Waals surface area contributed by atoms with Crippen LogP contribution < -0.4 is 0 Å². The van der Waals surface area contributed by atoms with Gasteiger partial charge in [0, 0.05) is 6.42 Å². The number of benzene rings is 1. The van der Waals surface area contributed by atoms with E-state index in [9.17, 15) is 4.79 Å². The Morgan fingerprint density at radius 1 is 1.22 bits per heavy atom. The summed E-state index contributed by atoms with van der Waals surface area (Å²) in [5.41, 5.74) is 0.949. The molecule has 0 N–H and O–H groups in total. The zero-order chi connectivity index (χ0) is 13.6. The van der Waals surface area contributed by atoms with Crippen LogP contribution in [-0.2, 0) is 16.0 Å². The van der Waals surface area contributed by atoms with Crippen molar-refractivity contribution in [1.29, 1.82) is 0 Å². The zero-order valence-corrected chi connectivity index (χ0v) is 11.9. The molecule has 2 heteroatoms. The zero-order valence-electron chi connectivity index (χ0n) is 11.9. The third-order valence-electron chi connectivity index (χ3n) is 2.70. The second-order valence-electron chi connectivity index (χ2n) is 5.92. The van der Waals surface area contributed by atoms with Crippen molar-refractivity contribution in [3.05, 3.63) is 35.9 Å². The topological polar surface area (TPSA) is 26.3 Å². The van der Waals surface area contributed by atoms with E-state index in [1.54, 1.807) is 0 Å². The van der Waals surface area contributed by atoms with E-state index in [0.717, 1.165) is 12.8 Å². The molecule has 1 rings (SSSR count). The Bertz CT molecular complexity index is 362. The third-order valence-corrected chi connectivity index (χ3v) is 2.70. The molecule has 0 saturated carbocycles. The van der Waals surface area contributed by atoms with Crippen molar-refractivity contribution in [1.82, 2.24) is 0 Å². The highest BCUT2D eigenvalue weighted by atomic mass is 16.6. The van der Waals surface area contributed by atoms with Gasteiger partial charge in [0.15, 0.2) is 0 Å². The summed E-state index contributed by atoms with van der Waals surface area (Å²) in [5, 5.41) is 0. The van der Waals surface area contributed by atoms with E-state index >= 15 is 0 Å². The average Bonchev–Trinajstić information content (AvgIpc) is 2.25. The van der Waals surface area contributed by atoms with Crippen LogP contribution in [0, 0.1) is 5.92 Å². The first-order valence-corrected chi connectivity index (χ1v) is 6.62. The second-order valence-corrected chi connectivity index (χ2v) is 5.92. The van der Waals surface area contributed by atoms with Gasteiger partial charge in [-0.3, -0.25) is 4.79 Å².